The van der Waals surface area contributed by atoms with E-state index < -0.39 is 12.0 Å². The molecule has 1 saturated heterocycles. The molecule has 3 N–H and O–H groups in total. The predicted octanol–water partition coefficient (Wildman–Crippen LogP) is 1.89. The van der Waals surface area contributed by atoms with Crippen molar-refractivity contribution in [1.29, 1.82) is 0 Å². The third kappa shape index (κ3) is 2.75. The molecule has 20 heavy (non-hydrogen) atoms. The number of nitrogens with two attached hydrogens (primary N) is 1. The highest BCUT2D eigenvalue weighted by molar-refractivity contribution is 8.00. The van der Waals surface area contributed by atoms with Gasteiger partial charge in [-0.1, -0.05) is 19.9 Å². The molecule has 1 aliphatic rings. The predicted molar refractivity (Wildman–Crippen MR) is 79.5 cm³/mol. The second-order valence-electron chi connectivity index (χ2n) is 5.16. The van der Waals surface area contributed by atoms with Crippen molar-refractivity contribution < 1.29 is 14.7 Å². The number of hydrogen-bond donors (Lipinski definition) is 2. The number of anilines is 1. The van der Waals surface area contributed by atoms with Crippen LogP contribution in [0.5, 0.6) is 0 Å². The molecule has 0 aromatic heterocycles. The molecule has 1 heterocycles. The molecule has 6 heteroatoms. The number of nitrogens with zero attached hydrogens (tertiary/aromatic N) is 1. The van der Waals surface area contributed by atoms with E-state index in [0.717, 1.165) is 0 Å². The minimum absolute atomic E-state index is 0.120. The second kappa shape index (κ2) is 5.75. The summed E-state index contributed by atoms with van der Waals surface area (Å²) in [4.78, 5) is 25.5. The Morgan fingerprint density at radius 2 is 2.15 bits per heavy atom. The van der Waals surface area contributed by atoms with Gasteiger partial charge in [0.1, 0.15) is 6.04 Å². The Kier molecular flexibility index (Phi) is 4.23. The Morgan fingerprint density at radius 3 is 2.70 bits per heavy atom. The van der Waals surface area contributed by atoms with E-state index in [1.54, 1.807) is 24.3 Å². The maximum atomic E-state index is 12.6. The van der Waals surface area contributed by atoms with Crippen molar-refractivity contribution in [3.63, 3.8) is 0 Å². The Balaban J connectivity index is 2.34. The quantitative estimate of drug-likeness (QED) is 0.832. The van der Waals surface area contributed by atoms with Gasteiger partial charge in [-0.15, -0.1) is 11.8 Å². The number of nitrogen functional groups attached to an aromatic ring is 1. The van der Waals surface area contributed by atoms with Crippen LogP contribution in [-0.4, -0.2) is 39.1 Å². The fraction of sp³-hybridized carbons (Fsp3) is 0.429. The maximum Gasteiger partial charge on any atom is 0.327 e. The summed E-state index contributed by atoms with van der Waals surface area (Å²) >= 11 is 1.52. The zero-order chi connectivity index (χ0) is 14.9. The molecule has 108 valence electrons. The molecule has 2 unspecified atom stereocenters. The molecular formula is C14H18N2O3S. The maximum absolute atomic E-state index is 12.6. The summed E-state index contributed by atoms with van der Waals surface area (Å²) in [6.45, 7) is 3.98. The lowest BCUT2D eigenvalue weighted by molar-refractivity contribution is -0.141. The molecule has 1 fully saturated rings. The monoisotopic (exact) mass is 294 g/mol. The van der Waals surface area contributed by atoms with Gasteiger partial charge in [0.15, 0.2) is 0 Å². The van der Waals surface area contributed by atoms with E-state index in [2.05, 4.69) is 0 Å². The number of thioether (sulfide) groups is 1. The Morgan fingerprint density at radius 1 is 1.45 bits per heavy atom. The average molecular weight is 294 g/mol. The average Bonchev–Trinajstić information content (AvgIpc) is 2.82. The van der Waals surface area contributed by atoms with E-state index in [1.807, 2.05) is 13.8 Å². The molecule has 0 radical (unpaired) electrons. The number of rotatable bonds is 3. The van der Waals surface area contributed by atoms with Crippen molar-refractivity contribution in [3.05, 3.63) is 29.8 Å². The smallest absolute Gasteiger partial charge is 0.327 e. The molecule has 0 saturated carbocycles. The SMILES string of the molecule is CC(C)C1SCC(C(=O)O)N1C(=O)c1cccc(N)c1. The van der Waals surface area contributed by atoms with E-state index in [9.17, 15) is 14.7 Å². The van der Waals surface area contributed by atoms with Crippen molar-refractivity contribution >= 4 is 29.3 Å². The van der Waals surface area contributed by atoms with Crippen LogP contribution in [0.1, 0.15) is 24.2 Å². The van der Waals surface area contributed by atoms with Gasteiger partial charge in [0, 0.05) is 17.0 Å². The van der Waals surface area contributed by atoms with Crippen LogP contribution in [0.2, 0.25) is 0 Å². The number of aliphatic carboxylic acids is 1. The first-order valence-corrected chi connectivity index (χ1v) is 7.49. The molecule has 1 aliphatic heterocycles. The van der Waals surface area contributed by atoms with Crippen molar-refractivity contribution in [3.8, 4) is 0 Å². The Hall–Kier alpha value is -1.69. The fourth-order valence-electron chi connectivity index (χ4n) is 2.31. The van der Waals surface area contributed by atoms with Crippen molar-refractivity contribution in [1.82, 2.24) is 4.90 Å². The molecular weight excluding hydrogens is 276 g/mol. The summed E-state index contributed by atoms with van der Waals surface area (Å²) in [7, 11) is 0. The fourth-order valence-corrected chi connectivity index (χ4v) is 3.78. The standard InChI is InChI=1S/C14H18N2O3S/c1-8(2)13-16(11(7-20-13)14(18)19)12(17)9-4-3-5-10(15)6-9/h3-6,8,11,13H,7,15H2,1-2H3,(H,18,19). The first-order chi connectivity index (χ1) is 9.41. The molecule has 0 spiro atoms. The van der Waals surface area contributed by atoms with Crippen LogP contribution >= 0.6 is 11.8 Å². The number of amides is 1. The summed E-state index contributed by atoms with van der Waals surface area (Å²) in [6.07, 6.45) is 0. The number of carbonyl (C=O) groups excluding carboxylic acids is 1. The van der Waals surface area contributed by atoms with Gasteiger partial charge in [-0.3, -0.25) is 4.79 Å². The van der Waals surface area contributed by atoms with Gasteiger partial charge >= 0.3 is 5.97 Å². The lowest BCUT2D eigenvalue weighted by Crippen LogP contribution is -2.47. The van der Waals surface area contributed by atoms with Crippen molar-refractivity contribution in [2.45, 2.75) is 25.3 Å². The van der Waals surface area contributed by atoms with Crippen LogP contribution in [0.25, 0.3) is 0 Å². The number of carboxylic acids is 1. The van der Waals surface area contributed by atoms with Crippen LogP contribution in [0.4, 0.5) is 5.69 Å². The molecule has 0 aliphatic carbocycles. The molecule has 1 aromatic rings. The van der Waals surface area contributed by atoms with Crippen LogP contribution in [0.3, 0.4) is 0 Å². The molecule has 1 aromatic carbocycles. The van der Waals surface area contributed by atoms with Crippen molar-refractivity contribution in [2.24, 2.45) is 5.92 Å². The van der Waals surface area contributed by atoms with E-state index >= 15 is 0 Å². The van der Waals surface area contributed by atoms with E-state index in [4.69, 9.17) is 5.73 Å². The third-order valence-electron chi connectivity index (χ3n) is 3.26. The summed E-state index contributed by atoms with van der Waals surface area (Å²) in [5.74, 6) is -0.618. The normalized spacial score (nSPS) is 22.2. The minimum Gasteiger partial charge on any atom is -0.480 e. The van der Waals surface area contributed by atoms with Gasteiger partial charge in [0.05, 0.1) is 5.37 Å². The van der Waals surface area contributed by atoms with Crippen LogP contribution in [-0.2, 0) is 4.79 Å². The number of carboxylic acid groups (broad SMARTS) is 1. The lowest BCUT2D eigenvalue weighted by atomic mass is 10.1. The first-order valence-electron chi connectivity index (χ1n) is 6.44. The molecule has 5 nitrogen and oxygen atoms in total. The second-order valence-corrected chi connectivity index (χ2v) is 6.31. The Labute approximate surface area is 122 Å². The Bertz CT molecular complexity index is 533. The van der Waals surface area contributed by atoms with Gasteiger partial charge in [-0.2, -0.15) is 0 Å². The van der Waals surface area contributed by atoms with E-state index in [-0.39, 0.29) is 17.2 Å². The van der Waals surface area contributed by atoms with E-state index in [0.29, 0.717) is 17.0 Å². The molecule has 2 rings (SSSR count). The van der Waals surface area contributed by atoms with E-state index in [1.165, 1.54) is 16.7 Å². The van der Waals surface area contributed by atoms with Gasteiger partial charge in [0.25, 0.3) is 5.91 Å². The summed E-state index contributed by atoms with van der Waals surface area (Å²) in [5.41, 5.74) is 6.62. The van der Waals surface area contributed by atoms with Gasteiger partial charge in [-0.25, -0.2) is 4.79 Å². The lowest BCUT2D eigenvalue weighted by Gasteiger charge is -2.29. The molecule has 1 amide bonds. The highest BCUT2D eigenvalue weighted by Crippen LogP contribution is 2.35. The largest absolute Gasteiger partial charge is 0.480 e. The third-order valence-corrected chi connectivity index (χ3v) is 4.88. The topological polar surface area (TPSA) is 83.6 Å². The van der Waals surface area contributed by atoms with Crippen molar-refractivity contribution in [2.75, 3.05) is 11.5 Å². The first kappa shape index (κ1) is 14.7. The zero-order valence-electron chi connectivity index (χ0n) is 11.4. The van der Waals surface area contributed by atoms with Crippen LogP contribution in [0.15, 0.2) is 24.3 Å². The molecule has 2 atom stereocenters. The number of carbonyl (C=O) groups is 2. The summed E-state index contributed by atoms with van der Waals surface area (Å²) in [5, 5.41) is 9.18. The van der Waals surface area contributed by atoms with Gasteiger partial charge < -0.3 is 15.7 Å². The highest BCUT2D eigenvalue weighted by Gasteiger charge is 2.43. The summed E-state index contributed by atoms with van der Waals surface area (Å²) < 4.78 is 0. The van der Waals surface area contributed by atoms with Gasteiger partial charge in [0.2, 0.25) is 0 Å². The minimum atomic E-state index is -0.960. The number of hydrogen-bond acceptors (Lipinski definition) is 4. The highest BCUT2D eigenvalue weighted by atomic mass is 32.2. The van der Waals surface area contributed by atoms with Crippen LogP contribution < -0.4 is 5.73 Å². The molecule has 0 bridgehead atoms. The van der Waals surface area contributed by atoms with Crippen LogP contribution in [0, 0.1) is 5.92 Å². The van der Waals surface area contributed by atoms with Gasteiger partial charge in [-0.05, 0) is 24.1 Å². The summed E-state index contributed by atoms with van der Waals surface area (Å²) in [6, 6.07) is 5.87. The zero-order valence-corrected chi connectivity index (χ0v) is 12.3. The number of benzene rings is 1.